The van der Waals surface area contributed by atoms with Gasteiger partial charge in [-0.1, -0.05) is 24.3 Å². The smallest absolute Gasteiger partial charge is 0.272 e. The van der Waals surface area contributed by atoms with E-state index in [1.165, 1.54) is 0 Å². The molecule has 0 unspecified atom stereocenters. The van der Waals surface area contributed by atoms with Crippen molar-refractivity contribution < 1.29 is 4.79 Å². The number of nitrogens with one attached hydrogen (secondary N) is 1. The van der Waals surface area contributed by atoms with E-state index in [1.54, 1.807) is 12.1 Å². The third-order valence-electron chi connectivity index (χ3n) is 2.20. The van der Waals surface area contributed by atoms with E-state index in [1.807, 2.05) is 42.6 Å². The van der Waals surface area contributed by atoms with E-state index < -0.39 is 0 Å². The van der Waals surface area contributed by atoms with Crippen molar-refractivity contribution in [2.75, 3.05) is 12.4 Å². The Bertz CT molecular complexity index is 437. The Hall–Kier alpha value is -2.10. The minimum Gasteiger partial charge on any atom is -0.321 e. The highest BCUT2D eigenvalue weighted by Gasteiger charge is 2.13. The van der Waals surface area contributed by atoms with Gasteiger partial charge in [-0.25, -0.2) is 0 Å². The molecule has 16 heavy (non-hydrogen) atoms. The number of rotatable bonds is 2. The van der Waals surface area contributed by atoms with Crippen molar-refractivity contribution in [1.29, 1.82) is 0 Å². The maximum absolute atomic E-state index is 11.8. The zero-order valence-corrected chi connectivity index (χ0v) is 9.05. The fraction of sp³-hybridized carbons (Fsp3) is 0.167. The standard InChI is InChI=1S/C12H13N3O/c1-15-9-5-8-11(14-15)12(16)13-10-6-3-2-4-7-10/h2-7,9H,8H2,1H3,(H,13,16). The first-order chi connectivity index (χ1) is 7.75. The quantitative estimate of drug-likeness (QED) is 0.818. The number of allylic oxidation sites excluding steroid dienone is 1. The van der Waals surface area contributed by atoms with E-state index in [0.717, 1.165) is 5.69 Å². The summed E-state index contributed by atoms with van der Waals surface area (Å²) in [7, 11) is 1.80. The maximum atomic E-state index is 11.8. The number of hydrogen-bond acceptors (Lipinski definition) is 3. The van der Waals surface area contributed by atoms with Gasteiger partial charge < -0.3 is 5.32 Å². The van der Waals surface area contributed by atoms with Gasteiger partial charge in [-0.3, -0.25) is 9.80 Å². The predicted octanol–water partition coefficient (Wildman–Crippen LogP) is 1.83. The van der Waals surface area contributed by atoms with Crippen LogP contribution in [0.1, 0.15) is 6.42 Å². The molecule has 1 aromatic carbocycles. The summed E-state index contributed by atoms with van der Waals surface area (Å²) in [6, 6.07) is 9.36. The normalized spacial score (nSPS) is 14.6. The van der Waals surface area contributed by atoms with Crippen molar-refractivity contribution in [2.24, 2.45) is 5.10 Å². The van der Waals surface area contributed by atoms with Crippen LogP contribution in [-0.4, -0.2) is 23.7 Å². The molecular weight excluding hydrogens is 202 g/mol. The second kappa shape index (κ2) is 4.61. The van der Waals surface area contributed by atoms with E-state index in [0.29, 0.717) is 12.1 Å². The van der Waals surface area contributed by atoms with Crippen LogP contribution >= 0.6 is 0 Å². The summed E-state index contributed by atoms with van der Waals surface area (Å²) in [4.78, 5) is 11.8. The topological polar surface area (TPSA) is 44.7 Å². The lowest BCUT2D eigenvalue weighted by atomic mass is 10.2. The molecule has 0 bridgehead atoms. The van der Waals surface area contributed by atoms with E-state index in [9.17, 15) is 4.79 Å². The van der Waals surface area contributed by atoms with Crippen LogP contribution in [0.5, 0.6) is 0 Å². The molecule has 0 aliphatic carbocycles. The molecule has 0 saturated heterocycles. The number of benzene rings is 1. The van der Waals surface area contributed by atoms with E-state index >= 15 is 0 Å². The van der Waals surface area contributed by atoms with Crippen LogP contribution in [-0.2, 0) is 4.79 Å². The molecule has 1 N–H and O–H groups in total. The molecule has 4 heteroatoms. The molecule has 0 aromatic heterocycles. The maximum Gasteiger partial charge on any atom is 0.272 e. The molecule has 4 nitrogen and oxygen atoms in total. The number of hydrazone groups is 1. The van der Waals surface area contributed by atoms with Crippen molar-refractivity contribution in [3.05, 3.63) is 42.6 Å². The molecule has 2 rings (SSSR count). The van der Waals surface area contributed by atoms with Gasteiger partial charge in [-0.05, 0) is 12.1 Å². The number of amides is 1. The number of nitrogens with zero attached hydrogens (tertiary/aromatic N) is 2. The summed E-state index contributed by atoms with van der Waals surface area (Å²) in [5.74, 6) is -0.151. The van der Waals surface area contributed by atoms with E-state index in [-0.39, 0.29) is 5.91 Å². The Kier molecular flexibility index (Phi) is 3.00. The zero-order chi connectivity index (χ0) is 11.4. The Morgan fingerprint density at radius 2 is 2.12 bits per heavy atom. The first kappa shape index (κ1) is 10.4. The first-order valence-electron chi connectivity index (χ1n) is 5.09. The number of hydrogen-bond donors (Lipinski definition) is 1. The van der Waals surface area contributed by atoms with Gasteiger partial charge in [-0.2, -0.15) is 5.10 Å². The van der Waals surface area contributed by atoms with Gasteiger partial charge in [0.25, 0.3) is 5.91 Å². The lowest BCUT2D eigenvalue weighted by Crippen LogP contribution is -2.26. The Balaban J connectivity index is 2.04. The molecule has 1 heterocycles. The molecule has 0 atom stereocenters. The second-order valence-corrected chi connectivity index (χ2v) is 3.53. The fourth-order valence-corrected chi connectivity index (χ4v) is 1.44. The average molecular weight is 215 g/mol. The average Bonchev–Trinajstić information content (AvgIpc) is 2.30. The molecule has 1 aliphatic rings. The summed E-state index contributed by atoms with van der Waals surface area (Å²) >= 11 is 0. The second-order valence-electron chi connectivity index (χ2n) is 3.53. The monoisotopic (exact) mass is 215 g/mol. The zero-order valence-electron chi connectivity index (χ0n) is 9.05. The Labute approximate surface area is 94.3 Å². The number of anilines is 1. The van der Waals surface area contributed by atoms with Crippen LogP contribution in [0.3, 0.4) is 0 Å². The lowest BCUT2D eigenvalue weighted by molar-refractivity contribution is -0.110. The molecule has 0 saturated carbocycles. The SMILES string of the molecule is CN1C=CCC(C(=O)Nc2ccccc2)=N1. The molecule has 1 amide bonds. The van der Waals surface area contributed by atoms with Gasteiger partial charge in [0.1, 0.15) is 5.71 Å². The minimum absolute atomic E-state index is 0.151. The molecule has 0 spiro atoms. The van der Waals surface area contributed by atoms with Crippen molar-refractivity contribution in [3.8, 4) is 0 Å². The van der Waals surface area contributed by atoms with Crippen LogP contribution in [0.2, 0.25) is 0 Å². The Morgan fingerprint density at radius 3 is 2.81 bits per heavy atom. The third kappa shape index (κ3) is 2.48. The minimum atomic E-state index is -0.151. The molecule has 0 fully saturated rings. The number of carbonyl (C=O) groups is 1. The predicted molar refractivity (Wildman–Crippen MR) is 64.0 cm³/mol. The molecule has 1 aromatic rings. The van der Waals surface area contributed by atoms with Crippen molar-refractivity contribution >= 4 is 17.3 Å². The van der Waals surface area contributed by atoms with Crippen molar-refractivity contribution in [3.63, 3.8) is 0 Å². The number of para-hydroxylation sites is 1. The largest absolute Gasteiger partial charge is 0.321 e. The van der Waals surface area contributed by atoms with Crippen LogP contribution < -0.4 is 5.32 Å². The molecule has 82 valence electrons. The summed E-state index contributed by atoms with van der Waals surface area (Å²) in [6.45, 7) is 0. The van der Waals surface area contributed by atoms with Gasteiger partial charge in [0.2, 0.25) is 0 Å². The van der Waals surface area contributed by atoms with Gasteiger partial charge in [-0.15, -0.1) is 0 Å². The highest BCUT2D eigenvalue weighted by atomic mass is 16.2. The van der Waals surface area contributed by atoms with Crippen LogP contribution in [0.4, 0.5) is 5.69 Å². The van der Waals surface area contributed by atoms with Gasteiger partial charge in [0.05, 0.1) is 0 Å². The molecule has 1 aliphatic heterocycles. The number of carbonyl (C=O) groups excluding carboxylic acids is 1. The van der Waals surface area contributed by atoms with Crippen molar-refractivity contribution in [1.82, 2.24) is 5.01 Å². The van der Waals surface area contributed by atoms with E-state index in [2.05, 4.69) is 10.4 Å². The lowest BCUT2D eigenvalue weighted by Gasteiger charge is -2.14. The van der Waals surface area contributed by atoms with E-state index in [4.69, 9.17) is 0 Å². The molecular formula is C12H13N3O. The summed E-state index contributed by atoms with van der Waals surface area (Å²) in [5, 5.41) is 8.56. The third-order valence-corrected chi connectivity index (χ3v) is 2.20. The van der Waals surface area contributed by atoms with Crippen LogP contribution in [0.25, 0.3) is 0 Å². The summed E-state index contributed by atoms with van der Waals surface area (Å²) in [6.07, 6.45) is 4.31. The first-order valence-corrected chi connectivity index (χ1v) is 5.09. The Morgan fingerprint density at radius 1 is 1.38 bits per heavy atom. The highest BCUT2D eigenvalue weighted by molar-refractivity contribution is 6.43. The van der Waals surface area contributed by atoms with Gasteiger partial charge >= 0.3 is 0 Å². The van der Waals surface area contributed by atoms with Crippen LogP contribution in [0, 0.1) is 0 Å². The summed E-state index contributed by atoms with van der Waals surface area (Å²) in [5.41, 5.74) is 1.31. The summed E-state index contributed by atoms with van der Waals surface area (Å²) < 4.78 is 0. The van der Waals surface area contributed by atoms with Crippen molar-refractivity contribution in [2.45, 2.75) is 6.42 Å². The fourth-order valence-electron chi connectivity index (χ4n) is 1.44. The van der Waals surface area contributed by atoms with Crippen LogP contribution in [0.15, 0.2) is 47.7 Å². The molecule has 0 radical (unpaired) electrons. The highest BCUT2D eigenvalue weighted by Crippen LogP contribution is 2.08. The van der Waals surface area contributed by atoms with Gasteiger partial charge in [0, 0.05) is 25.4 Å². The van der Waals surface area contributed by atoms with Gasteiger partial charge in [0.15, 0.2) is 0 Å².